The van der Waals surface area contributed by atoms with Gasteiger partial charge < -0.3 is 15.7 Å². The second-order valence-corrected chi connectivity index (χ2v) is 8.43. The van der Waals surface area contributed by atoms with Crippen LogP contribution in [-0.4, -0.2) is 29.0 Å². The molecule has 0 aromatic heterocycles. The van der Waals surface area contributed by atoms with E-state index in [1.54, 1.807) is 31.3 Å². The predicted octanol–water partition coefficient (Wildman–Crippen LogP) is 4.50. The number of hydrogen-bond donors (Lipinski definition) is 3. The molecule has 4 rings (SSSR count). The molecule has 1 spiro atoms. The maximum atomic E-state index is 13.6. The zero-order chi connectivity index (χ0) is 23.6. The van der Waals surface area contributed by atoms with Gasteiger partial charge in [0.05, 0.1) is 5.41 Å². The summed E-state index contributed by atoms with van der Waals surface area (Å²) in [4.78, 5) is 23.6. The molecular weight excluding hydrogens is 435 g/mol. The molecule has 1 fully saturated rings. The number of anilines is 2. The van der Waals surface area contributed by atoms with Crippen LogP contribution < -0.4 is 10.6 Å². The van der Waals surface area contributed by atoms with Gasteiger partial charge in [-0.2, -0.15) is 13.2 Å². The highest BCUT2D eigenvalue weighted by atomic mass is 19.4. The minimum Gasteiger partial charge on any atom is -0.384 e. The Hall–Kier alpha value is -3.01. The highest BCUT2D eigenvalue weighted by Gasteiger charge is 2.64. The second-order valence-electron chi connectivity index (χ2n) is 8.43. The molecule has 0 radical (unpaired) electrons. The standard InChI is InChI=1S/C22H19F5N2O3/c1-10-5-13(28-19(32)22(25,26)27)6-11(2)16(10)17(30)12-3-4-15-14(7-12)20(18(31)29-15)8-21(23,24)9-20/h3-7,17,30H,8-9H2,1-2H3,(H,28,32)(H,29,31). The maximum Gasteiger partial charge on any atom is 0.471 e. The number of carbonyl (C=O) groups is 2. The van der Waals surface area contributed by atoms with Crippen molar-refractivity contribution < 1.29 is 36.6 Å². The lowest BCUT2D eigenvalue weighted by atomic mass is 9.62. The van der Waals surface area contributed by atoms with Crippen molar-refractivity contribution in [2.24, 2.45) is 0 Å². The third-order valence-corrected chi connectivity index (χ3v) is 6.06. The number of aryl methyl sites for hydroxylation is 2. The van der Waals surface area contributed by atoms with Crippen LogP contribution in [-0.2, 0) is 15.0 Å². The summed E-state index contributed by atoms with van der Waals surface area (Å²) in [6.07, 6.45) is -7.47. The van der Waals surface area contributed by atoms with E-state index in [1.165, 1.54) is 18.2 Å². The number of carbonyl (C=O) groups excluding carboxylic acids is 2. The van der Waals surface area contributed by atoms with E-state index >= 15 is 0 Å². The smallest absolute Gasteiger partial charge is 0.384 e. The first-order chi connectivity index (χ1) is 14.7. The van der Waals surface area contributed by atoms with E-state index in [0.717, 1.165) is 0 Å². The average Bonchev–Trinajstić information content (AvgIpc) is 2.90. The topological polar surface area (TPSA) is 78.4 Å². The number of benzene rings is 2. The third-order valence-electron chi connectivity index (χ3n) is 6.06. The van der Waals surface area contributed by atoms with Gasteiger partial charge in [0.2, 0.25) is 5.91 Å². The number of amides is 2. The van der Waals surface area contributed by atoms with Gasteiger partial charge in [-0.25, -0.2) is 8.78 Å². The van der Waals surface area contributed by atoms with Crippen LogP contribution in [0.25, 0.3) is 0 Å². The summed E-state index contributed by atoms with van der Waals surface area (Å²) in [7, 11) is 0. The fourth-order valence-corrected chi connectivity index (χ4v) is 4.63. The molecule has 5 nitrogen and oxygen atoms in total. The van der Waals surface area contributed by atoms with Crippen molar-refractivity contribution in [3.05, 3.63) is 58.1 Å². The summed E-state index contributed by atoms with van der Waals surface area (Å²) >= 11 is 0. The third kappa shape index (κ3) is 3.52. The molecule has 1 atom stereocenters. The van der Waals surface area contributed by atoms with E-state index in [4.69, 9.17) is 0 Å². The highest BCUT2D eigenvalue weighted by molar-refractivity contribution is 6.07. The molecule has 2 aromatic carbocycles. The summed E-state index contributed by atoms with van der Waals surface area (Å²) in [6, 6.07) is 7.23. The Bertz CT molecular complexity index is 1110. The number of alkyl halides is 5. The van der Waals surface area contributed by atoms with Crippen molar-refractivity contribution in [3.63, 3.8) is 0 Å². The summed E-state index contributed by atoms with van der Waals surface area (Å²) in [6.45, 7) is 3.14. The molecule has 3 N–H and O–H groups in total. The monoisotopic (exact) mass is 454 g/mol. The van der Waals surface area contributed by atoms with Gasteiger partial charge in [-0.05, 0) is 65.9 Å². The van der Waals surface area contributed by atoms with Crippen LogP contribution in [0.4, 0.5) is 33.3 Å². The molecule has 170 valence electrons. The Kier molecular flexibility index (Phi) is 4.85. The lowest BCUT2D eigenvalue weighted by Gasteiger charge is -2.43. The zero-order valence-electron chi connectivity index (χ0n) is 17.0. The van der Waals surface area contributed by atoms with Crippen molar-refractivity contribution in [3.8, 4) is 0 Å². The summed E-state index contributed by atoms with van der Waals surface area (Å²) < 4.78 is 64.8. The van der Waals surface area contributed by atoms with Gasteiger partial charge >= 0.3 is 12.1 Å². The molecule has 2 aliphatic rings. The minimum atomic E-state index is -5.04. The Morgan fingerprint density at radius 3 is 2.25 bits per heavy atom. The summed E-state index contributed by atoms with van der Waals surface area (Å²) in [5, 5.41) is 15.4. The number of halogens is 5. The van der Waals surface area contributed by atoms with Crippen LogP contribution in [0.2, 0.25) is 0 Å². The fraction of sp³-hybridized carbons (Fsp3) is 0.364. The van der Waals surface area contributed by atoms with Gasteiger partial charge in [0.15, 0.2) is 0 Å². The SMILES string of the molecule is Cc1cc(NC(=O)C(F)(F)F)cc(C)c1C(O)c1ccc2c(c1)C1(CC(F)(F)C1)C(=O)N2. The summed E-state index contributed by atoms with van der Waals surface area (Å²) in [5.74, 6) is -5.54. The van der Waals surface area contributed by atoms with Crippen LogP contribution in [0.15, 0.2) is 30.3 Å². The van der Waals surface area contributed by atoms with Crippen molar-refractivity contribution in [2.45, 2.75) is 50.3 Å². The van der Waals surface area contributed by atoms with Gasteiger partial charge in [0, 0.05) is 24.2 Å². The molecule has 0 saturated heterocycles. The van der Waals surface area contributed by atoms with Crippen LogP contribution in [0, 0.1) is 13.8 Å². The van der Waals surface area contributed by atoms with Crippen molar-refractivity contribution in [2.75, 3.05) is 10.6 Å². The molecule has 1 heterocycles. The first-order valence-electron chi connectivity index (χ1n) is 9.75. The van der Waals surface area contributed by atoms with E-state index in [-0.39, 0.29) is 5.69 Å². The lowest BCUT2D eigenvalue weighted by Crippen LogP contribution is -2.53. The lowest BCUT2D eigenvalue weighted by molar-refractivity contribution is -0.167. The molecule has 10 heteroatoms. The first kappa shape index (κ1) is 22.2. The minimum absolute atomic E-state index is 0.0716. The largest absolute Gasteiger partial charge is 0.471 e. The molecule has 1 aliphatic carbocycles. The van der Waals surface area contributed by atoms with Gasteiger partial charge in [-0.15, -0.1) is 0 Å². The van der Waals surface area contributed by atoms with Gasteiger partial charge in [0.25, 0.3) is 5.92 Å². The normalized spacial score (nSPS) is 19.2. The Morgan fingerprint density at radius 1 is 1.12 bits per heavy atom. The van der Waals surface area contributed by atoms with Crippen molar-refractivity contribution >= 4 is 23.2 Å². The van der Waals surface area contributed by atoms with Crippen LogP contribution in [0.5, 0.6) is 0 Å². The number of aliphatic hydroxyl groups excluding tert-OH is 1. The van der Waals surface area contributed by atoms with E-state index in [2.05, 4.69) is 5.32 Å². The summed E-state index contributed by atoms with van der Waals surface area (Å²) in [5.41, 5.74) is 1.02. The molecule has 2 amide bonds. The van der Waals surface area contributed by atoms with Crippen LogP contribution in [0.3, 0.4) is 0 Å². The second kappa shape index (κ2) is 6.99. The van der Waals surface area contributed by atoms with E-state index in [9.17, 15) is 36.6 Å². The Labute approximate surface area is 179 Å². The van der Waals surface area contributed by atoms with E-state index in [1.807, 2.05) is 0 Å². The predicted molar refractivity (Wildman–Crippen MR) is 106 cm³/mol. The Morgan fingerprint density at radius 2 is 1.72 bits per heavy atom. The molecular formula is C22H19F5N2O3. The number of rotatable bonds is 3. The zero-order valence-corrected chi connectivity index (χ0v) is 17.0. The average molecular weight is 454 g/mol. The van der Waals surface area contributed by atoms with Gasteiger partial charge in [-0.1, -0.05) is 6.07 Å². The molecule has 1 unspecified atom stereocenters. The molecule has 1 aliphatic heterocycles. The molecule has 0 bridgehead atoms. The molecule has 2 aromatic rings. The quantitative estimate of drug-likeness (QED) is 0.598. The van der Waals surface area contributed by atoms with Crippen LogP contribution in [0.1, 0.15) is 46.8 Å². The van der Waals surface area contributed by atoms with Crippen LogP contribution >= 0.6 is 0 Å². The van der Waals surface area contributed by atoms with Crippen molar-refractivity contribution in [1.82, 2.24) is 0 Å². The number of hydrogen-bond acceptors (Lipinski definition) is 3. The highest BCUT2D eigenvalue weighted by Crippen LogP contribution is 2.58. The first-order valence-corrected chi connectivity index (χ1v) is 9.75. The molecule has 32 heavy (non-hydrogen) atoms. The van der Waals surface area contributed by atoms with Gasteiger partial charge in [0.1, 0.15) is 6.10 Å². The van der Waals surface area contributed by atoms with Crippen molar-refractivity contribution in [1.29, 1.82) is 0 Å². The van der Waals surface area contributed by atoms with E-state index in [0.29, 0.717) is 33.5 Å². The van der Waals surface area contributed by atoms with Gasteiger partial charge in [-0.3, -0.25) is 9.59 Å². The fourth-order valence-electron chi connectivity index (χ4n) is 4.63. The maximum absolute atomic E-state index is 13.6. The van der Waals surface area contributed by atoms with E-state index < -0.39 is 48.3 Å². The number of fused-ring (bicyclic) bond motifs is 2. The molecule has 1 saturated carbocycles. The number of nitrogens with one attached hydrogen (secondary N) is 2. The number of aliphatic hydroxyl groups is 1. The Balaban J connectivity index is 1.66.